The number of benzene rings is 1. The van der Waals surface area contributed by atoms with Crippen molar-refractivity contribution >= 4 is 41.6 Å². The number of hydrogen-bond acceptors (Lipinski definition) is 3. The summed E-state index contributed by atoms with van der Waals surface area (Å²) < 4.78 is 2.30. The van der Waals surface area contributed by atoms with Crippen molar-refractivity contribution in [2.45, 2.75) is 12.5 Å². The van der Waals surface area contributed by atoms with E-state index in [1.54, 1.807) is 11.9 Å². The Labute approximate surface area is 105 Å². The van der Waals surface area contributed by atoms with Crippen LogP contribution < -0.4 is 10.0 Å². The Hall–Kier alpha value is -0.360. The van der Waals surface area contributed by atoms with E-state index in [-0.39, 0.29) is 24.0 Å². The van der Waals surface area contributed by atoms with Crippen molar-refractivity contribution in [3.05, 3.63) is 40.9 Å². The summed E-state index contributed by atoms with van der Waals surface area (Å²) in [6.45, 7) is 0. The zero-order valence-corrected chi connectivity index (χ0v) is 10.7. The largest absolute Gasteiger partial charge is 0.392 e. The third kappa shape index (κ3) is 1.40. The molecule has 1 aromatic carbocycles. The van der Waals surface area contributed by atoms with E-state index < -0.39 is 0 Å². The van der Waals surface area contributed by atoms with Crippen LogP contribution in [0.15, 0.2) is 35.4 Å². The summed E-state index contributed by atoms with van der Waals surface area (Å²) in [5, 5.41) is 0.930. The van der Waals surface area contributed by atoms with Gasteiger partial charge in [0, 0.05) is 11.9 Å². The van der Waals surface area contributed by atoms with Crippen LogP contribution in [0.25, 0.3) is 0 Å². The van der Waals surface area contributed by atoms with E-state index >= 15 is 0 Å². The molecule has 1 atom stereocenters. The summed E-state index contributed by atoms with van der Waals surface area (Å²) in [5.41, 5.74) is 8.53. The molecule has 0 radical (unpaired) electrons. The standard InChI is InChI=1S/C10H10N2S.HI/c11-10-6-8-5-7-3-1-2-4-9(7)12(8)13-10;/h1-4,6,8H,5,11H2;1H. The molecule has 3 rings (SSSR count). The lowest BCUT2D eigenvalue weighted by Crippen LogP contribution is -2.18. The predicted molar refractivity (Wildman–Crippen MR) is 71.7 cm³/mol. The average molecular weight is 318 g/mol. The number of nitrogens with two attached hydrogens (primary N) is 1. The Morgan fingerprint density at radius 1 is 1.36 bits per heavy atom. The number of anilines is 1. The van der Waals surface area contributed by atoms with E-state index in [0.29, 0.717) is 6.04 Å². The molecule has 2 N–H and O–H groups in total. The molecule has 2 aliphatic rings. The molecule has 2 heterocycles. The van der Waals surface area contributed by atoms with Crippen LogP contribution in [0, 0.1) is 0 Å². The molecular formula is C10H11IN2S. The van der Waals surface area contributed by atoms with Gasteiger partial charge in [-0.25, -0.2) is 0 Å². The fourth-order valence-corrected chi connectivity index (χ4v) is 2.95. The highest BCUT2D eigenvalue weighted by Crippen LogP contribution is 2.43. The summed E-state index contributed by atoms with van der Waals surface area (Å²) in [4.78, 5) is 0. The Bertz CT molecular complexity index is 391. The highest BCUT2D eigenvalue weighted by atomic mass is 127. The number of fused-ring (bicyclic) bond motifs is 3. The van der Waals surface area contributed by atoms with Crippen LogP contribution in [-0.4, -0.2) is 6.04 Å². The minimum absolute atomic E-state index is 0. The van der Waals surface area contributed by atoms with Crippen molar-refractivity contribution in [1.29, 1.82) is 0 Å². The molecule has 2 aliphatic heterocycles. The summed E-state index contributed by atoms with van der Waals surface area (Å²) in [7, 11) is 0. The molecule has 74 valence electrons. The second-order valence-corrected chi connectivity index (χ2v) is 4.43. The molecule has 1 aromatic rings. The third-order valence-electron chi connectivity index (χ3n) is 2.52. The first-order chi connectivity index (χ1) is 6.34. The molecule has 0 bridgehead atoms. The monoisotopic (exact) mass is 318 g/mol. The van der Waals surface area contributed by atoms with Crippen molar-refractivity contribution in [1.82, 2.24) is 0 Å². The summed E-state index contributed by atoms with van der Waals surface area (Å²) >= 11 is 1.65. The Balaban J connectivity index is 0.000000750. The van der Waals surface area contributed by atoms with Crippen molar-refractivity contribution in [3.63, 3.8) is 0 Å². The van der Waals surface area contributed by atoms with Gasteiger partial charge in [-0.2, -0.15) is 0 Å². The Morgan fingerprint density at radius 3 is 3.00 bits per heavy atom. The maximum atomic E-state index is 5.76. The molecule has 0 fully saturated rings. The van der Waals surface area contributed by atoms with Crippen LogP contribution >= 0.6 is 35.9 Å². The lowest BCUT2D eigenvalue weighted by molar-refractivity contribution is 0.885. The van der Waals surface area contributed by atoms with E-state index in [1.165, 1.54) is 11.3 Å². The maximum absolute atomic E-state index is 5.76. The van der Waals surface area contributed by atoms with Crippen molar-refractivity contribution in [2.75, 3.05) is 4.31 Å². The molecule has 1 unspecified atom stereocenters. The number of nitrogens with zero attached hydrogens (tertiary/aromatic N) is 1. The Kier molecular flexibility index (Phi) is 2.66. The maximum Gasteiger partial charge on any atom is 0.0848 e. The van der Waals surface area contributed by atoms with Crippen LogP contribution in [0.5, 0.6) is 0 Å². The zero-order valence-electron chi connectivity index (χ0n) is 7.51. The molecule has 2 nitrogen and oxygen atoms in total. The number of hydrogen-bond donors (Lipinski definition) is 1. The van der Waals surface area contributed by atoms with Crippen LogP contribution in [-0.2, 0) is 6.42 Å². The van der Waals surface area contributed by atoms with Gasteiger partial charge in [0.1, 0.15) is 0 Å². The fraction of sp³-hybridized carbons (Fsp3) is 0.200. The van der Waals surface area contributed by atoms with Gasteiger partial charge >= 0.3 is 0 Å². The van der Waals surface area contributed by atoms with Crippen LogP contribution in [0.2, 0.25) is 0 Å². The van der Waals surface area contributed by atoms with Crippen LogP contribution in [0.4, 0.5) is 5.69 Å². The molecule has 0 amide bonds. The molecule has 0 saturated carbocycles. The van der Waals surface area contributed by atoms with Gasteiger partial charge in [0.2, 0.25) is 0 Å². The molecule has 0 saturated heterocycles. The van der Waals surface area contributed by atoms with Gasteiger partial charge in [0.25, 0.3) is 0 Å². The van der Waals surface area contributed by atoms with Gasteiger partial charge in [0.05, 0.1) is 16.8 Å². The van der Waals surface area contributed by atoms with E-state index in [9.17, 15) is 0 Å². The first-order valence-electron chi connectivity index (χ1n) is 4.37. The summed E-state index contributed by atoms with van der Waals surface area (Å²) in [5.74, 6) is 0. The quantitative estimate of drug-likeness (QED) is 0.589. The first-order valence-corrected chi connectivity index (χ1v) is 5.14. The topological polar surface area (TPSA) is 29.3 Å². The van der Waals surface area contributed by atoms with E-state index in [4.69, 9.17) is 5.73 Å². The van der Waals surface area contributed by atoms with Gasteiger partial charge in [-0.1, -0.05) is 18.2 Å². The third-order valence-corrected chi connectivity index (χ3v) is 3.53. The normalized spacial score (nSPS) is 22.4. The Morgan fingerprint density at radius 2 is 2.14 bits per heavy atom. The van der Waals surface area contributed by atoms with E-state index in [1.807, 2.05) is 0 Å². The van der Waals surface area contributed by atoms with Crippen LogP contribution in [0.1, 0.15) is 5.56 Å². The van der Waals surface area contributed by atoms with E-state index in [2.05, 4.69) is 34.6 Å². The fourth-order valence-electron chi connectivity index (χ4n) is 1.96. The molecule has 0 aliphatic carbocycles. The first kappa shape index (κ1) is 10.2. The van der Waals surface area contributed by atoms with Crippen LogP contribution in [0.3, 0.4) is 0 Å². The minimum atomic E-state index is 0. The summed E-state index contributed by atoms with van der Waals surface area (Å²) in [6.07, 6.45) is 3.24. The van der Waals surface area contributed by atoms with Gasteiger partial charge in [-0.15, -0.1) is 24.0 Å². The molecule has 14 heavy (non-hydrogen) atoms. The van der Waals surface area contributed by atoms with Crippen molar-refractivity contribution in [2.24, 2.45) is 5.73 Å². The second-order valence-electron chi connectivity index (χ2n) is 3.39. The number of halogens is 1. The van der Waals surface area contributed by atoms with Gasteiger partial charge in [0.15, 0.2) is 0 Å². The lowest BCUT2D eigenvalue weighted by Gasteiger charge is -2.16. The second kappa shape index (κ2) is 3.66. The smallest absolute Gasteiger partial charge is 0.0848 e. The predicted octanol–water partition coefficient (Wildman–Crippen LogP) is 2.50. The molecular weight excluding hydrogens is 307 g/mol. The number of para-hydroxylation sites is 1. The highest BCUT2D eigenvalue weighted by Gasteiger charge is 2.32. The van der Waals surface area contributed by atoms with Crippen molar-refractivity contribution < 1.29 is 0 Å². The van der Waals surface area contributed by atoms with Gasteiger partial charge < -0.3 is 10.0 Å². The average Bonchev–Trinajstić information content (AvgIpc) is 2.60. The van der Waals surface area contributed by atoms with E-state index in [0.717, 1.165) is 11.4 Å². The lowest BCUT2D eigenvalue weighted by atomic mass is 10.1. The summed E-state index contributed by atoms with van der Waals surface area (Å²) in [6, 6.07) is 9.02. The SMILES string of the molecule is I.NC1=CC2Cc3ccccc3N2S1. The molecule has 4 heteroatoms. The highest BCUT2D eigenvalue weighted by molar-refractivity contribution is 14.0. The number of rotatable bonds is 0. The van der Waals surface area contributed by atoms with Crippen molar-refractivity contribution in [3.8, 4) is 0 Å². The zero-order chi connectivity index (χ0) is 8.84. The minimum Gasteiger partial charge on any atom is -0.392 e. The molecule has 0 spiro atoms. The van der Waals surface area contributed by atoms with Gasteiger partial charge in [-0.05, 0) is 24.1 Å². The van der Waals surface area contributed by atoms with Gasteiger partial charge in [-0.3, -0.25) is 0 Å². The molecule has 0 aromatic heterocycles.